The standard InChI is InChI=1S/C24H23N5O2S/c1-14-7-9-17(10-8-14)29-22-19(12-25-29)23(31)28-18(13-32-24(28)27-22)11-21(30)26-20-6-4-5-15(2)16(20)3/h4-10,12,18H,11,13H2,1-3H3,(H,26,30). The average molecular weight is 446 g/mol. The molecule has 2 aromatic carbocycles. The zero-order chi connectivity index (χ0) is 22.4. The van der Waals surface area contributed by atoms with E-state index in [4.69, 9.17) is 4.98 Å². The summed E-state index contributed by atoms with van der Waals surface area (Å²) in [5, 5.41) is 8.48. The van der Waals surface area contributed by atoms with E-state index in [0.717, 1.165) is 28.1 Å². The first kappa shape index (κ1) is 20.5. The van der Waals surface area contributed by atoms with Crippen molar-refractivity contribution in [2.24, 2.45) is 0 Å². The number of benzene rings is 2. The van der Waals surface area contributed by atoms with Crippen molar-refractivity contribution in [2.45, 2.75) is 38.4 Å². The molecule has 1 N–H and O–H groups in total. The topological polar surface area (TPSA) is 81.8 Å². The van der Waals surface area contributed by atoms with Crippen LogP contribution in [0.2, 0.25) is 0 Å². The Labute approximate surface area is 189 Å². The van der Waals surface area contributed by atoms with E-state index in [0.29, 0.717) is 21.9 Å². The highest BCUT2D eigenvalue weighted by atomic mass is 32.2. The Kier molecular flexibility index (Phi) is 5.09. The molecule has 1 aliphatic rings. The Morgan fingerprint density at radius 1 is 1.16 bits per heavy atom. The van der Waals surface area contributed by atoms with Gasteiger partial charge in [0.2, 0.25) is 5.91 Å². The van der Waals surface area contributed by atoms with Crippen LogP contribution in [-0.4, -0.2) is 31.0 Å². The van der Waals surface area contributed by atoms with Crippen LogP contribution in [0.1, 0.15) is 29.2 Å². The van der Waals surface area contributed by atoms with Crippen LogP contribution in [0.4, 0.5) is 5.69 Å². The highest BCUT2D eigenvalue weighted by molar-refractivity contribution is 7.99. The van der Waals surface area contributed by atoms with Gasteiger partial charge in [-0.2, -0.15) is 5.10 Å². The molecule has 0 fully saturated rings. The molecule has 1 aliphatic heterocycles. The smallest absolute Gasteiger partial charge is 0.265 e. The van der Waals surface area contributed by atoms with E-state index in [1.165, 1.54) is 11.8 Å². The Morgan fingerprint density at radius 2 is 1.94 bits per heavy atom. The fourth-order valence-electron chi connectivity index (χ4n) is 3.96. The minimum Gasteiger partial charge on any atom is -0.326 e. The van der Waals surface area contributed by atoms with Gasteiger partial charge in [0.15, 0.2) is 10.8 Å². The van der Waals surface area contributed by atoms with Gasteiger partial charge in [-0.1, -0.05) is 41.6 Å². The number of rotatable bonds is 4. The van der Waals surface area contributed by atoms with Gasteiger partial charge >= 0.3 is 0 Å². The van der Waals surface area contributed by atoms with Crippen LogP contribution in [-0.2, 0) is 4.79 Å². The molecule has 1 unspecified atom stereocenters. The van der Waals surface area contributed by atoms with Crippen molar-refractivity contribution in [3.63, 3.8) is 0 Å². The van der Waals surface area contributed by atoms with Crippen LogP contribution in [0.3, 0.4) is 0 Å². The largest absolute Gasteiger partial charge is 0.326 e. The molecule has 0 aliphatic carbocycles. The maximum absolute atomic E-state index is 13.3. The van der Waals surface area contributed by atoms with Crippen molar-refractivity contribution in [3.05, 3.63) is 75.7 Å². The van der Waals surface area contributed by atoms with Crippen LogP contribution in [0, 0.1) is 20.8 Å². The lowest BCUT2D eigenvalue weighted by Crippen LogP contribution is -2.28. The molecule has 8 heteroatoms. The van der Waals surface area contributed by atoms with Gasteiger partial charge in [0.05, 0.1) is 17.9 Å². The van der Waals surface area contributed by atoms with Gasteiger partial charge in [0.1, 0.15) is 5.39 Å². The van der Waals surface area contributed by atoms with Gasteiger partial charge in [-0.25, -0.2) is 9.67 Å². The molecule has 4 aromatic rings. The predicted octanol–water partition coefficient (Wildman–Crippen LogP) is 4.18. The minimum atomic E-state index is -0.243. The van der Waals surface area contributed by atoms with Crippen molar-refractivity contribution < 1.29 is 4.79 Å². The third-order valence-electron chi connectivity index (χ3n) is 5.95. The molecule has 0 bridgehead atoms. The SMILES string of the molecule is Cc1ccc(-n2ncc3c(=O)n4c(nc32)SCC4CC(=O)Nc2cccc(C)c2C)cc1. The van der Waals surface area contributed by atoms with E-state index < -0.39 is 0 Å². The molecule has 3 heterocycles. The number of carbonyl (C=O) groups is 1. The highest BCUT2D eigenvalue weighted by Gasteiger charge is 2.29. The van der Waals surface area contributed by atoms with E-state index in [2.05, 4.69) is 10.4 Å². The Bertz CT molecular complexity index is 1400. The van der Waals surface area contributed by atoms with Crippen molar-refractivity contribution in [1.29, 1.82) is 0 Å². The van der Waals surface area contributed by atoms with Crippen molar-refractivity contribution in [2.75, 3.05) is 11.1 Å². The molecule has 0 spiro atoms. The first-order valence-electron chi connectivity index (χ1n) is 10.5. The van der Waals surface area contributed by atoms with E-state index in [1.54, 1.807) is 15.4 Å². The molecule has 1 atom stereocenters. The maximum Gasteiger partial charge on any atom is 0.265 e. The van der Waals surface area contributed by atoms with Gasteiger partial charge in [-0.15, -0.1) is 0 Å². The number of amides is 1. The summed E-state index contributed by atoms with van der Waals surface area (Å²) in [6, 6.07) is 13.5. The van der Waals surface area contributed by atoms with E-state index in [-0.39, 0.29) is 23.9 Å². The highest BCUT2D eigenvalue weighted by Crippen LogP contribution is 2.33. The zero-order valence-electron chi connectivity index (χ0n) is 18.1. The lowest BCUT2D eigenvalue weighted by atomic mass is 10.1. The van der Waals surface area contributed by atoms with Gasteiger partial charge < -0.3 is 5.32 Å². The second-order valence-electron chi connectivity index (χ2n) is 8.16. The molecule has 32 heavy (non-hydrogen) atoms. The van der Waals surface area contributed by atoms with Crippen LogP contribution in [0.25, 0.3) is 16.7 Å². The summed E-state index contributed by atoms with van der Waals surface area (Å²) in [4.78, 5) is 30.8. The first-order chi connectivity index (χ1) is 15.4. The second kappa shape index (κ2) is 7.94. The van der Waals surface area contributed by atoms with Crippen LogP contribution < -0.4 is 10.9 Å². The number of fused-ring (bicyclic) bond motifs is 2. The van der Waals surface area contributed by atoms with E-state index in [1.807, 2.05) is 63.2 Å². The van der Waals surface area contributed by atoms with Crippen LogP contribution >= 0.6 is 11.8 Å². The summed E-state index contributed by atoms with van der Waals surface area (Å²) < 4.78 is 3.34. The van der Waals surface area contributed by atoms with Crippen molar-refractivity contribution in [1.82, 2.24) is 19.3 Å². The van der Waals surface area contributed by atoms with Gasteiger partial charge in [0, 0.05) is 17.9 Å². The molecule has 7 nitrogen and oxygen atoms in total. The predicted molar refractivity (Wildman–Crippen MR) is 127 cm³/mol. The van der Waals surface area contributed by atoms with Crippen LogP contribution in [0.15, 0.2) is 58.6 Å². The number of aromatic nitrogens is 4. The molecule has 2 aromatic heterocycles. The summed E-state index contributed by atoms with van der Waals surface area (Å²) in [6.07, 6.45) is 1.78. The molecule has 0 radical (unpaired) electrons. The number of thioether (sulfide) groups is 1. The third kappa shape index (κ3) is 3.50. The maximum atomic E-state index is 13.3. The van der Waals surface area contributed by atoms with Gasteiger partial charge in [0.25, 0.3) is 5.56 Å². The summed E-state index contributed by atoms with van der Waals surface area (Å²) in [5.74, 6) is 0.520. The number of nitrogens with zero attached hydrogens (tertiary/aromatic N) is 4. The quantitative estimate of drug-likeness (QED) is 0.477. The minimum absolute atomic E-state index is 0.112. The fourth-order valence-corrected chi connectivity index (χ4v) is 5.09. The number of aryl methyl sites for hydroxylation is 2. The van der Waals surface area contributed by atoms with Crippen molar-refractivity contribution >= 4 is 34.4 Å². The number of anilines is 1. The summed E-state index contributed by atoms with van der Waals surface area (Å²) in [7, 11) is 0. The average Bonchev–Trinajstić information content (AvgIpc) is 3.37. The summed E-state index contributed by atoms with van der Waals surface area (Å²) in [6.45, 7) is 6.03. The molecule has 1 amide bonds. The van der Waals surface area contributed by atoms with E-state index in [9.17, 15) is 9.59 Å². The van der Waals surface area contributed by atoms with E-state index >= 15 is 0 Å². The molecular formula is C24H23N5O2S. The zero-order valence-corrected chi connectivity index (χ0v) is 18.9. The number of carbonyl (C=O) groups excluding carboxylic acids is 1. The molecule has 0 saturated carbocycles. The summed E-state index contributed by atoms with van der Waals surface area (Å²) >= 11 is 1.50. The Morgan fingerprint density at radius 3 is 2.72 bits per heavy atom. The van der Waals surface area contributed by atoms with Crippen LogP contribution in [0.5, 0.6) is 0 Å². The second-order valence-corrected chi connectivity index (χ2v) is 9.15. The first-order valence-corrected chi connectivity index (χ1v) is 11.5. The normalized spacial score (nSPS) is 15.2. The lowest BCUT2D eigenvalue weighted by Gasteiger charge is -2.15. The number of nitrogens with one attached hydrogen (secondary N) is 1. The van der Waals surface area contributed by atoms with Gasteiger partial charge in [-0.05, 0) is 50.1 Å². The lowest BCUT2D eigenvalue weighted by molar-refractivity contribution is -0.116. The number of hydrogen-bond donors (Lipinski definition) is 1. The molecule has 0 saturated heterocycles. The molecule has 162 valence electrons. The third-order valence-corrected chi connectivity index (χ3v) is 7.05. The molecule has 5 rings (SSSR count). The Hall–Kier alpha value is -3.39. The fraction of sp³-hybridized carbons (Fsp3) is 0.250. The molecular weight excluding hydrogens is 422 g/mol. The monoisotopic (exact) mass is 445 g/mol. The summed E-state index contributed by atoms with van der Waals surface area (Å²) in [5.41, 5.74) is 5.37. The van der Waals surface area contributed by atoms with Crippen molar-refractivity contribution in [3.8, 4) is 5.69 Å². The number of hydrogen-bond acceptors (Lipinski definition) is 5. The Balaban J connectivity index is 1.44. The van der Waals surface area contributed by atoms with Gasteiger partial charge in [-0.3, -0.25) is 14.2 Å².